The van der Waals surface area contributed by atoms with Crippen molar-refractivity contribution in [1.29, 1.82) is 0 Å². The molecule has 1 saturated heterocycles. The van der Waals surface area contributed by atoms with Gasteiger partial charge in [0.2, 0.25) is 5.91 Å². The molecule has 10 nitrogen and oxygen atoms in total. The first-order chi connectivity index (χ1) is 25.0. The molecule has 4 aromatic rings. The van der Waals surface area contributed by atoms with Crippen molar-refractivity contribution in [2.75, 3.05) is 13.2 Å². The van der Waals surface area contributed by atoms with Crippen molar-refractivity contribution < 1.29 is 19.1 Å². The Labute approximate surface area is 313 Å². The number of hydrogen-bond acceptors (Lipinski definition) is 8. The van der Waals surface area contributed by atoms with Crippen LogP contribution < -0.4 is 0 Å². The van der Waals surface area contributed by atoms with Gasteiger partial charge in [0.1, 0.15) is 22.7 Å². The van der Waals surface area contributed by atoms with Gasteiger partial charge in [-0.1, -0.05) is 31.1 Å². The predicted octanol–water partition coefficient (Wildman–Crippen LogP) is 7.52. The van der Waals surface area contributed by atoms with E-state index in [-0.39, 0.29) is 41.9 Å². The van der Waals surface area contributed by atoms with E-state index in [9.17, 15) is 14.4 Å². The number of ketones is 2. The first-order valence-corrected chi connectivity index (χ1v) is 18.9. The van der Waals surface area contributed by atoms with Crippen molar-refractivity contribution in [2.24, 2.45) is 5.41 Å². The van der Waals surface area contributed by atoms with Crippen LogP contribution in [-0.4, -0.2) is 72.4 Å². The maximum atomic E-state index is 14.6. The number of halogens is 1. The summed E-state index contributed by atoms with van der Waals surface area (Å²) in [5, 5.41) is 5.49. The molecule has 0 N–H and O–H groups in total. The van der Waals surface area contributed by atoms with Gasteiger partial charge in [0.15, 0.2) is 11.6 Å². The fraction of sp³-hybridized carbons (Fsp3) is 0.439. The number of allylic oxidation sites excluding steroid dienone is 1. The van der Waals surface area contributed by atoms with Crippen LogP contribution >= 0.6 is 15.9 Å². The van der Waals surface area contributed by atoms with Crippen molar-refractivity contribution in [3.8, 4) is 11.1 Å². The van der Waals surface area contributed by atoms with Crippen molar-refractivity contribution in [3.63, 3.8) is 0 Å². The van der Waals surface area contributed by atoms with Crippen LogP contribution in [0.5, 0.6) is 0 Å². The molecule has 0 radical (unpaired) electrons. The van der Waals surface area contributed by atoms with Gasteiger partial charge in [0, 0.05) is 41.7 Å². The molecule has 1 amide bonds. The molecule has 2 aliphatic rings. The number of unbranched alkanes of at least 4 members (excludes halogenated alkanes) is 4. The number of carbonyl (C=O) groups is 3. The number of benzene rings is 1. The number of ether oxygens (including phenoxy) is 1. The quantitative estimate of drug-likeness (QED) is 0.0442. The topological polar surface area (TPSA) is 120 Å². The molecule has 1 saturated carbocycles. The Morgan fingerprint density at radius 3 is 2.52 bits per heavy atom. The van der Waals surface area contributed by atoms with Crippen molar-refractivity contribution in [3.05, 3.63) is 94.9 Å². The van der Waals surface area contributed by atoms with Crippen molar-refractivity contribution in [1.82, 2.24) is 29.6 Å². The maximum Gasteiger partial charge on any atom is 0.245 e. The number of piperidine rings is 1. The molecule has 3 atom stereocenters. The molecule has 2 fully saturated rings. The maximum absolute atomic E-state index is 14.6. The first-order valence-electron chi connectivity index (χ1n) is 18.1. The van der Waals surface area contributed by atoms with Crippen LogP contribution in [0.25, 0.3) is 22.0 Å². The minimum Gasteiger partial charge on any atom is -0.377 e. The van der Waals surface area contributed by atoms with Crippen LogP contribution in [0.15, 0.2) is 66.6 Å². The predicted molar refractivity (Wildman–Crippen MR) is 205 cm³/mol. The van der Waals surface area contributed by atoms with E-state index in [0.29, 0.717) is 46.8 Å². The SMILES string of the molecule is C=CCCCCCCc1cc(-c2cnc(C)nc2)cc2c(C(C)=O)nn(CC(=O)N3[C@H](C(=O)Cc4nc(Br)ccc4C)C[C@@]4(COCC=C)C[C@@H]34)c12. The van der Waals surface area contributed by atoms with Gasteiger partial charge >= 0.3 is 0 Å². The molecule has 11 heteroatoms. The van der Waals surface area contributed by atoms with Gasteiger partial charge in [-0.25, -0.2) is 15.0 Å². The lowest BCUT2D eigenvalue weighted by atomic mass is 9.95. The number of carbonyl (C=O) groups excluding carboxylic acids is 3. The van der Waals surface area contributed by atoms with E-state index in [2.05, 4.69) is 50.1 Å². The molecule has 1 aliphatic heterocycles. The van der Waals surface area contributed by atoms with Gasteiger partial charge in [0.05, 0.1) is 36.9 Å². The van der Waals surface area contributed by atoms with Crippen molar-refractivity contribution in [2.45, 2.75) is 97.2 Å². The van der Waals surface area contributed by atoms with E-state index in [4.69, 9.17) is 9.84 Å². The molecule has 272 valence electrons. The van der Waals surface area contributed by atoms with Crippen LogP contribution in [0.2, 0.25) is 0 Å². The third kappa shape index (κ3) is 8.00. The Hall–Kier alpha value is -4.35. The van der Waals surface area contributed by atoms with Gasteiger partial charge in [-0.3, -0.25) is 19.1 Å². The highest BCUT2D eigenvalue weighted by atomic mass is 79.9. The number of nitrogens with zero attached hydrogens (tertiary/aromatic N) is 6. The summed E-state index contributed by atoms with van der Waals surface area (Å²) < 4.78 is 8.26. The number of hydrogen-bond donors (Lipinski definition) is 0. The van der Waals surface area contributed by atoms with E-state index in [1.54, 1.807) is 28.1 Å². The van der Waals surface area contributed by atoms with Gasteiger partial charge in [-0.15, -0.1) is 13.2 Å². The number of amides is 1. The zero-order valence-corrected chi connectivity index (χ0v) is 32.0. The monoisotopic (exact) mass is 766 g/mol. The highest BCUT2D eigenvalue weighted by molar-refractivity contribution is 9.10. The smallest absolute Gasteiger partial charge is 0.245 e. The summed E-state index contributed by atoms with van der Waals surface area (Å²) in [5.41, 5.74) is 5.17. The molecule has 3 aromatic heterocycles. The lowest BCUT2D eigenvalue weighted by molar-refractivity contribution is -0.139. The zero-order valence-electron chi connectivity index (χ0n) is 30.4. The molecule has 0 bridgehead atoms. The summed E-state index contributed by atoms with van der Waals surface area (Å²) >= 11 is 3.43. The minimum absolute atomic E-state index is 0.0470. The average molecular weight is 768 g/mol. The summed E-state index contributed by atoms with van der Waals surface area (Å²) in [7, 11) is 0. The summed E-state index contributed by atoms with van der Waals surface area (Å²) in [4.78, 5) is 56.9. The number of likely N-dealkylation sites (tertiary alicyclic amines) is 1. The molecule has 4 heterocycles. The Morgan fingerprint density at radius 2 is 1.79 bits per heavy atom. The van der Waals surface area contributed by atoms with E-state index in [1.807, 2.05) is 38.1 Å². The van der Waals surface area contributed by atoms with Gasteiger partial charge in [-0.05, 0) is 103 Å². The second kappa shape index (κ2) is 16.1. The highest BCUT2D eigenvalue weighted by Gasteiger charge is 2.67. The van der Waals surface area contributed by atoms with E-state index >= 15 is 0 Å². The third-order valence-electron chi connectivity index (χ3n) is 10.5. The molecular formula is C41H47BrN6O4. The molecule has 52 heavy (non-hydrogen) atoms. The van der Waals surface area contributed by atoms with E-state index < -0.39 is 6.04 Å². The average Bonchev–Trinajstić information content (AvgIpc) is 3.52. The number of aromatic nitrogens is 5. The van der Waals surface area contributed by atoms with Crippen LogP contribution in [0, 0.1) is 19.3 Å². The summed E-state index contributed by atoms with van der Waals surface area (Å²) in [5.74, 6) is 0.245. The van der Waals surface area contributed by atoms with Crippen LogP contribution in [0.4, 0.5) is 0 Å². The second-order valence-electron chi connectivity index (χ2n) is 14.3. The summed E-state index contributed by atoms with van der Waals surface area (Å²) in [6, 6.07) is 7.13. The second-order valence-corrected chi connectivity index (χ2v) is 15.1. The van der Waals surface area contributed by atoms with Gasteiger partial charge in [0.25, 0.3) is 0 Å². The van der Waals surface area contributed by atoms with E-state index in [1.165, 1.54) is 6.92 Å². The Kier molecular flexibility index (Phi) is 11.6. The molecule has 1 aromatic carbocycles. The Balaban J connectivity index is 1.35. The first kappa shape index (κ1) is 37.4. The fourth-order valence-electron chi connectivity index (χ4n) is 7.67. The lowest BCUT2D eigenvalue weighted by Crippen LogP contribution is -2.45. The minimum atomic E-state index is -0.615. The fourth-order valence-corrected chi connectivity index (χ4v) is 8.01. The largest absolute Gasteiger partial charge is 0.377 e. The summed E-state index contributed by atoms with van der Waals surface area (Å²) in [6.45, 7) is 13.7. The van der Waals surface area contributed by atoms with Gasteiger partial charge in [-0.2, -0.15) is 5.10 Å². The molecule has 6 rings (SSSR count). The molecule has 0 unspecified atom stereocenters. The van der Waals surface area contributed by atoms with Crippen molar-refractivity contribution >= 4 is 44.3 Å². The normalized spacial score (nSPS) is 19.1. The number of aryl methyl sites for hydroxylation is 3. The number of fused-ring (bicyclic) bond motifs is 2. The number of pyridine rings is 1. The Morgan fingerprint density at radius 1 is 1.02 bits per heavy atom. The molecular weight excluding hydrogens is 720 g/mol. The van der Waals surface area contributed by atoms with Crippen LogP contribution in [0.1, 0.15) is 85.0 Å². The Bertz CT molecular complexity index is 2010. The van der Waals surface area contributed by atoms with Crippen LogP contribution in [0.3, 0.4) is 0 Å². The molecule has 0 spiro atoms. The van der Waals surface area contributed by atoms with Gasteiger partial charge < -0.3 is 9.64 Å². The zero-order chi connectivity index (χ0) is 37.0. The van der Waals surface area contributed by atoms with E-state index in [0.717, 1.165) is 72.7 Å². The highest BCUT2D eigenvalue weighted by Crippen LogP contribution is 2.60. The van der Waals surface area contributed by atoms with Crippen LogP contribution in [-0.2, 0) is 33.7 Å². The standard InChI is InChI=1S/C41H47BrN6O4/c1-6-8-9-10-11-12-13-29-17-30(31-22-43-28(5)44-23-31)18-32-39(27(4)49)46-47(40(29)32)24-38(51)48-34(20-41(21-36(41)48)25-52-16-7-2)35(50)19-33-26(3)14-15-37(42)45-33/h6-7,14-15,17-18,22-23,34,36H,1-2,8-13,16,19-21,24-25H2,3-5H3/t34-,36+,41-/m0/s1. The number of rotatable bonds is 18. The summed E-state index contributed by atoms with van der Waals surface area (Å²) in [6.07, 6.45) is 14.6. The molecule has 1 aliphatic carbocycles. The third-order valence-corrected chi connectivity index (χ3v) is 10.9. The number of Topliss-reactive ketones (excluding diaryl/α,β-unsaturated/α-hetero) is 2. The lowest BCUT2D eigenvalue weighted by Gasteiger charge is -2.27.